The Morgan fingerprint density at radius 2 is 2.04 bits per heavy atom. The molecule has 28 heavy (non-hydrogen) atoms. The normalized spacial score (nSPS) is 23.4. The van der Waals surface area contributed by atoms with Crippen molar-refractivity contribution in [1.29, 1.82) is 0 Å². The van der Waals surface area contributed by atoms with Crippen molar-refractivity contribution in [3.05, 3.63) is 29.6 Å². The summed E-state index contributed by atoms with van der Waals surface area (Å²) in [5.74, 6) is 3.63. The lowest BCUT2D eigenvalue weighted by Crippen LogP contribution is -2.47. The van der Waals surface area contributed by atoms with Gasteiger partial charge in [-0.15, -0.1) is 0 Å². The van der Waals surface area contributed by atoms with Crippen LogP contribution in [0.2, 0.25) is 0 Å². The van der Waals surface area contributed by atoms with E-state index in [1.807, 2.05) is 31.2 Å². The first-order valence-electron chi connectivity index (χ1n) is 10.4. The molecule has 1 amide bonds. The van der Waals surface area contributed by atoms with Crippen LogP contribution >= 0.6 is 11.8 Å². The van der Waals surface area contributed by atoms with E-state index in [0.29, 0.717) is 11.9 Å². The summed E-state index contributed by atoms with van der Waals surface area (Å²) in [5.41, 5.74) is 2.54. The van der Waals surface area contributed by atoms with Gasteiger partial charge >= 0.3 is 0 Å². The first-order chi connectivity index (χ1) is 13.7. The summed E-state index contributed by atoms with van der Waals surface area (Å²) in [6.07, 6.45) is 8.72. The molecule has 0 atom stereocenters. The molecular formula is C21H33N5OS. The van der Waals surface area contributed by atoms with Crippen LogP contribution in [0.1, 0.15) is 36.8 Å². The van der Waals surface area contributed by atoms with E-state index >= 15 is 0 Å². The minimum atomic E-state index is 0.214. The van der Waals surface area contributed by atoms with Gasteiger partial charge in [-0.25, -0.2) is 0 Å². The maximum atomic E-state index is 12.7. The van der Waals surface area contributed by atoms with Crippen LogP contribution < -0.4 is 10.6 Å². The standard InChI is InChI=1S/C21H33N5OS/c1-16-15-23-9-7-17(16)8-10-24-21(22-2)25-19-5-3-18(4-6-19)20(27)26-11-13-28-14-12-26/h7,9,15,18-19H,3-6,8,10-14H2,1-2H3,(H2,22,24,25). The van der Waals surface area contributed by atoms with E-state index in [4.69, 9.17) is 0 Å². The number of thioether (sulfide) groups is 1. The van der Waals surface area contributed by atoms with Crippen molar-refractivity contribution in [3.8, 4) is 0 Å². The molecule has 2 aliphatic rings. The van der Waals surface area contributed by atoms with E-state index in [1.54, 1.807) is 0 Å². The van der Waals surface area contributed by atoms with E-state index in [-0.39, 0.29) is 5.92 Å². The molecule has 0 unspecified atom stereocenters. The van der Waals surface area contributed by atoms with E-state index in [1.165, 1.54) is 11.1 Å². The second-order valence-corrected chi connectivity index (χ2v) is 8.91. The molecule has 2 N–H and O–H groups in total. The zero-order valence-electron chi connectivity index (χ0n) is 17.1. The molecule has 1 aliphatic heterocycles. The fraction of sp³-hybridized carbons (Fsp3) is 0.667. The number of aliphatic imine (C=N–C) groups is 1. The highest BCUT2D eigenvalue weighted by Gasteiger charge is 2.30. The summed E-state index contributed by atoms with van der Waals surface area (Å²) < 4.78 is 0. The number of amides is 1. The smallest absolute Gasteiger partial charge is 0.225 e. The molecule has 1 aromatic heterocycles. The predicted octanol–water partition coefficient (Wildman–Crippen LogP) is 2.23. The molecular weight excluding hydrogens is 370 g/mol. The van der Waals surface area contributed by atoms with Crippen molar-refractivity contribution in [2.45, 2.75) is 45.1 Å². The lowest BCUT2D eigenvalue weighted by Gasteiger charge is -2.34. The van der Waals surface area contributed by atoms with Crippen LogP contribution in [0.15, 0.2) is 23.5 Å². The highest BCUT2D eigenvalue weighted by atomic mass is 32.2. The summed E-state index contributed by atoms with van der Waals surface area (Å²) in [7, 11) is 1.82. The molecule has 3 rings (SSSR count). The maximum absolute atomic E-state index is 12.7. The van der Waals surface area contributed by atoms with Gasteiger partial charge in [0.25, 0.3) is 0 Å². The van der Waals surface area contributed by atoms with Gasteiger partial charge in [0, 0.05) is 62.5 Å². The molecule has 0 radical (unpaired) electrons. The van der Waals surface area contributed by atoms with E-state index in [2.05, 4.69) is 38.5 Å². The van der Waals surface area contributed by atoms with Crippen LogP contribution in [0.25, 0.3) is 0 Å². The van der Waals surface area contributed by atoms with Crippen LogP contribution in [-0.4, -0.2) is 66.0 Å². The van der Waals surface area contributed by atoms with Gasteiger partial charge in [-0.1, -0.05) is 0 Å². The van der Waals surface area contributed by atoms with Crippen molar-refractivity contribution in [2.75, 3.05) is 38.2 Å². The Hall–Kier alpha value is -1.76. The summed E-state index contributed by atoms with van der Waals surface area (Å²) in [6.45, 7) is 4.79. The number of nitrogens with zero attached hydrogens (tertiary/aromatic N) is 3. The molecule has 6 nitrogen and oxygen atoms in total. The van der Waals surface area contributed by atoms with Crippen LogP contribution in [0, 0.1) is 12.8 Å². The quantitative estimate of drug-likeness (QED) is 0.583. The zero-order chi connectivity index (χ0) is 19.8. The second kappa shape index (κ2) is 10.7. The summed E-state index contributed by atoms with van der Waals surface area (Å²) in [6, 6.07) is 2.47. The van der Waals surface area contributed by atoms with E-state index in [0.717, 1.165) is 69.2 Å². The van der Waals surface area contributed by atoms with Gasteiger partial charge < -0.3 is 15.5 Å². The molecule has 0 aromatic carbocycles. The molecule has 0 bridgehead atoms. The summed E-state index contributed by atoms with van der Waals surface area (Å²) in [4.78, 5) is 23.3. The SMILES string of the molecule is CN=C(NCCc1ccncc1C)NC1CCC(C(=O)N2CCSCC2)CC1. The molecule has 7 heteroatoms. The number of hydrogen-bond donors (Lipinski definition) is 2. The van der Waals surface area contributed by atoms with Crippen LogP contribution in [-0.2, 0) is 11.2 Å². The van der Waals surface area contributed by atoms with Crippen molar-refractivity contribution >= 4 is 23.6 Å². The number of nitrogens with one attached hydrogen (secondary N) is 2. The topological polar surface area (TPSA) is 69.6 Å². The third-order valence-electron chi connectivity index (χ3n) is 5.79. The Labute approximate surface area is 173 Å². The Morgan fingerprint density at radius 1 is 1.29 bits per heavy atom. The van der Waals surface area contributed by atoms with Gasteiger partial charge in [0.1, 0.15) is 0 Å². The Balaban J connectivity index is 1.39. The Kier molecular flexibility index (Phi) is 8.01. The average molecular weight is 404 g/mol. The number of carbonyl (C=O) groups is 1. The van der Waals surface area contributed by atoms with Gasteiger partial charge in [-0.3, -0.25) is 14.8 Å². The van der Waals surface area contributed by atoms with Crippen LogP contribution in [0.4, 0.5) is 0 Å². The predicted molar refractivity (Wildman–Crippen MR) is 117 cm³/mol. The largest absolute Gasteiger partial charge is 0.356 e. The third-order valence-corrected chi connectivity index (χ3v) is 6.73. The Morgan fingerprint density at radius 3 is 2.71 bits per heavy atom. The van der Waals surface area contributed by atoms with Gasteiger partial charge in [0.05, 0.1) is 0 Å². The van der Waals surface area contributed by atoms with Crippen molar-refractivity contribution in [3.63, 3.8) is 0 Å². The first kappa shape index (κ1) is 21.0. The van der Waals surface area contributed by atoms with Crippen molar-refractivity contribution < 1.29 is 4.79 Å². The molecule has 154 valence electrons. The lowest BCUT2D eigenvalue weighted by molar-refractivity contribution is -0.136. The molecule has 1 saturated carbocycles. The number of guanidine groups is 1. The molecule has 0 spiro atoms. The van der Waals surface area contributed by atoms with Crippen molar-refractivity contribution in [2.24, 2.45) is 10.9 Å². The second-order valence-electron chi connectivity index (χ2n) is 7.68. The highest BCUT2D eigenvalue weighted by molar-refractivity contribution is 7.99. The highest BCUT2D eigenvalue weighted by Crippen LogP contribution is 2.27. The zero-order valence-corrected chi connectivity index (χ0v) is 17.9. The molecule has 1 aliphatic carbocycles. The number of aryl methyl sites for hydroxylation is 1. The van der Waals surface area contributed by atoms with Crippen LogP contribution in [0.5, 0.6) is 0 Å². The van der Waals surface area contributed by atoms with Gasteiger partial charge in [0.2, 0.25) is 5.91 Å². The number of aromatic nitrogens is 1. The van der Waals surface area contributed by atoms with Crippen molar-refractivity contribution in [1.82, 2.24) is 20.5 Å². The summed E-state index contributed by atoms with van der Waals surface area (Å²) in [5, 5.41) is 6.96. The number of pyridine rings is 1. The lowest BCUT2D eigenvalue weighted by atomic mass is 9.85. The van der Waals surface area contributed by atoms with E-state index in [9.17, 15) is 4.79 Å². The Bertz CT molecular complexity index is 667. The van der Waals surface area contributed by atoms with E-state index < -0.39 is 0 Å². The fourth-order valence-corrected chi connectivity index (χ4v) is 4.92. The summed E-state index contributed by atoms with van der Waals surface area (Å²) >= 11 is 1.95. The molecule has 1 aromatic rings. The number of hydrogen-bond acceptors (Lipinski definition) is 4. The average Bonchev–Trinajstić information content (AvgIpc) is 2.75. The van der Waals surface area contributed by atoms with Gasteiger partial charge in [-0.2, -0.15) is 11.8 Å². The molecule has 1 saturated heterocycles. The maximum Gasteiger partial charge on any atom is 0.225 e. The number of rotatable bonds is 5. The minimum absolute atomic E-state index is 0.214. The fourth-order valence-electron chi connectivity index (χ4n) is 4.01. The minimum Gasteiger partial charge on any atom is -0.356 e. The number of carbonyl (C=O) groups excluding carboxylic acids is 1. The first-order valence-corrected chi connectivity index (χ1v) is 11.6. The molecule has 2 heterocycles. The monoisotopic (exact) mass is 403 g/mol. The van der Waals surface area contributed by atoms with Gasteiger partial charge in [-0.05, 0) is 56.2 Å². The van der Waals surface area contributed by atoms with Gasteiger partial charge in [0.15, 0.2) is 5.96 Å². The van der Waals surface area contributed by atoms with Crippen LogP contribution in [0.3, 0.4) is 0 Å². The molecule has 2 fully saturated rings. The third kappa shape index (κ3) is 5.87.